The zero-order valence-electron chi connectivity index (χ0n) is 12.0. The third-order valence-corrected chi connectivity index (χ3v) is 3.69. The summed E-state index contributed by atoms with van der Waals surface area (Å²) in [6, 6.07) is 3.97. The highest BCUT2D eigenvalue weighted by Crippen LogP contribution is 2.36. The van der Waals surface area contributed by atoms with Gasteiger partial charge in [0, 0.05) is 18.8 Å². The Hall–Kier alpha value is -1.58. The number of pyridine rings is 1. The Labute approximate surface area is 115 Å². The first-order valence-corrected chi connectivity index (χ1v) is 7.01. The van der Waals surface area contributed by atoms with Crippen molar-refractivity contribution in [2.45, 2.75) is 46.1 Å². The molecule has 1 atom stereocenters. The minimum atomic E-state index is -0.0155. The molecule has 19 heavy (non-hydrogen) atoms. The Morgan fingerprint density at radius 1 is 1.47 bits per heavy atom. The van der Waals surface area contributed by atoms with E-state index in [9.17, 15) is 4.79 Å². The fraction of sp³-hybridized carbons (Fsp3) is 0.600. The molecule has 0 aliphatic heterocycles. The van der Waals surface area contributed by atoms with Gasteiger partial charge in [0.2, 0.25) is 0 Å². The van der Waals surface area contributed by atoms with Crippen molar-refractivity contribution < 1.29 is 4.79 Å². The molecule has 2 rings (SSSR count). The van der Waals surface area contributed by atoms with Crippen molar-refractivity contribution in [3.63, 3.8) is 0 Å². The van der Waals surface area contributed by atoms with Gasteiger partial charge in [-0.25, -0.2) is 4.98 Å². The summed E-state index contributed by atoms with van der Waals surface area (Å²) in [5.41, 5.74) is 0.983. The van der Waals surface area contributed by atoms with Gasteiger partial charge in [0.05, 0.1) is 5.56 Å². The maximum atomic E-state index is 12.1. The third-order valence-electron chi connectivity index (χ3n) is 3.69. The molecule has 1 saturated carbocycles. The molecule has 1 aliphatic rings. The Balaban J connectivity index is 1.93. The van der Waals surface area contributed by atoms with Crippen LogP contribution in [-0.4, -0.2) is 23.5 Å². The first-order chi connectivity index (χ1) is 9.00. The van der Waals surface area contributed by atoms with Crippen LogP contribution >= 0.6 is 0 Å². The number of carbonyl (C=O) groups is 1. The average molecular weight is 261 g/mol. The van der Waals surface area contributed by atoms with E-state index < -0.39 is 0 Å². The van der Waals surface area contributed by atoms with Crippen LogP contribution in [0.15, 0.2) is 18.3 Å². The number of anilines is 1. The van der Waals surface area contributed by atoms with E-state index in [1.54, 1.807) is 6.20 Å². The van der Waals surface area contributed by atoms with Crippen LogP contribution in [0.2, 0.25) is 0 Å². The number of nitrogens with one attached hydrogen (secondary N) is 2. The van der Waals surface area contributed by atoms with E-state index in [2.05, 4.69) is 29.5 Å². The molecule has 4 nitrogen and oxygen atoms in total. The van der Waals surface area contributed by atoms with Gasteiger partial charge in [-0.05, 0) is 43.7 Å². The monoisotopic (exact) mass is 261 g/mol. The van der Waals surface area contributed by atoms with Crippen LogP contribution < -0.4 is 10.6 Å². The fourth-order valence-electron chi connectivity index (χ4n) is 2.64. The maximum absolute atomic E-state index is 12.1. The lowest BCUT2D eigenvalue weighted by Gasteiger charge is -2.17. The Morgan fingerprint density at radius 2 is 2.26 bits per heavy atom. The van der Waals surface area contributed by atoms with Gasteiger partial charge in [0.1, 0.15) is 5.82 Å². The summed E-state index contributed by atoms with van der Waals surface area (Å²) in [5.74, 6) is 0.791. The predicted octanol–water partition coefficient (Wildman–Crippen LogP) is 2.82. The highest BCUT2D eigenvalue weighted by Gasteiger charge is 2.31. The lowest BCUT2D eigenvalue weighted by atomic mass is 9.92. The van der Waals surface area contributed by atoms with Gasteiger partial charge in [0.15, 0.2) is 0 Å². The molecule has 0 spiro atoms. The van der Waals surface area contributed by atoms with Crippen LogP contribution in [0.4, 0.5) is 5.82 Å². The van der Waals surface area contributed by atoms with Gasteiger partial charge in [0.25, 0.3) is 5.91 Å². The number of aromatic nitrogens is 1. The average Bonchev–Trinajstić information content (AvgIpc) is 2.70. The van der Waals surface area contributed by atoms with Crippen LogP contribution in [0, 0.1) is 5.41 Å². The number of amides is 1. The van der Waals surface area contributed by atoms with E-state index >= 15 is 0 Å². The Bertz CT molecular complexity index is 439. The molecule has 1 fully saturated rings. The second kappa shape index (κ2) is 5.59. The number of rotatable bonds is 4. The highest BCUT2D eigenvalue weighted by molar-refractivity contribution is 5.94. The van der Waals surface area contributed by atoms with Gasteiger partial charge in [-0.1, -0.05) is 13.8 Å². The molecule has 0 bridgehead atoms. The molecule has 4 heteroatoms. The number of nitrogens with zero attached hydrogens (tertiary/aromatic N) is 1. The molecule has 1 aliphatic carbocycles. The van der Waals surface area contributed by atoms with E-state index in [1.807, 2.05) is 19.1 Å². The zero-order chi connectivity index (χ0) is 13.9. The van der Waals surface area contributed by atoms with Crippen molar-refractivity contribution in [3.8, 4) is 0 Å². The summed E-state index contributed by atoms with van der Waals surface area (Å²) in [4.78, 5) is 16.3. The summed E-state index contributed by atoms with van der Waals surface area (Å²) < 4.78 is 0. The summed E-state index contributed by atoms with van der Waals surface area (Å²) in [7, 11) is 0. The van der Waals surface area contributed by atoms with Crippen molar-refractivity contribution >= 4 is 11.7 Å². The number of carbonyl (C=O) groups excluding carboxylic acids is 1. The van der Waals surface area contributed by atoms with Gasteiger partial charge in [-0.3, -0.25) is 4.79 Å². The smallest absolute Gasteiger partial charge is 0.253 e. The molecule has 0 radical (unpaired) electrons. The second-order valence-electron chi connectivity index (χ2n) is 6.04. The van der Waals surface area contributed by atoms with Crippen molar-refractivity contribution in [2.24, 2.45) is 5.41 Å². The Morgan fingerprint density at radius 3 is 2.79 bits per heavy atom. The third kappa shape index (κ3) is 3.69. The van der Waals surface area contributed by atoms with Crippen LogP contribution in [0.3, 0.4) is 0 Å². The first kappa shape index (κ1) is 13.8. The minimum absolute atomic E-state index is 0.0155. The van der Waals surface area contributed by atoms with E-state index in [-0.39, 0.29) is 5.91 Å². The minimum Gasteiger partial charge on any atom is -0.370 e. The molecule has 0 aromatic carbocycles. The quantitative estimate of drug-likeness (QED) is 0.876. The van der Waals surface area contributed by atoms with Gasteiger partial charge >= 0.3 is 0 Å². The molecule has 1 unspecified atom stereocenters. The predicted molar refractivity (Wildman–Crippen MR) is 77.3 cm³/mol. The van der Waals surface area contributed by atoms with Gasteiger partial charge in [-0.2, -0.15) is 0 Å². The number of hydrogen-bond donors (Lipinski definition) is 2. The van der Waals surface area contributed by atoms with Gasteiger partial charge < -0.3 is 10.6 Å². The normalized spacial score (nSPS) is 21.1. The van der Waals surface area contributed by atoms with Crippen LogP contribution in [0.5, 0.6) is 0 Å². The topological polar surface area (TPSA) is 54.0 Å². The molecule has 1 aromatic heterocycles. The summed E-state index contributed by atoms with van der Waals surface area (Å²) >= 11 is 0. The SMILES string of the molecule is CCNc1ccc(C(=O)NC2CCC(C)(C)C2)cn1. The maximum Gasteiger partial charge on any atom is 0.253 e. The summed E-state index contributed by atoms with van der Waals surface area (Å²) in [6.07, 6.45) is 4.94. The van der Waals surface area contributed by atoms with Crippen molar-refractivity contribution in [1.82, 2.24) is 10.3 Å². The zero-order valence-corrected chi connectivity index (χ0v) is 12.0. The number of hydrogen-bond acceptors (Lipinski definition) is 3. The summed E-state index contributed by atoms with van der Waals surface area (Å²) in [6.45, 7) is 7.36. The van der Waals surface area contributed by atoms with E-state index in [4.69, 9.17) is 0 Å². The van der Waals surface area contributed by atoms with Crippen molar-refractivity contribution in [2.75, 3.05) is 11.9 Å². The molecular weight excluding hydrogens is 238 g/mol. The van der Waals surface area contributed by atoms with Crippen LogP contribution in [0.1, 0.15) is 50.4 Å². The van der Waals surface area contributed by atoms with Crippen LogP contribution in [0.25, 0.3) is 0 Å². The lowest BCUT2D eigenvalue weighted by Crippen LogP contribution is -2.33. The lowest BCUT2D eigenvalue weighted by molar-refractivity contribution is 0.0935. The van der Waals surface area contributed by atoms with E-state index in [0.29, 0.717) is 17.0 Å². The molecule has 1 aromatic rings. The summed E-state index contributed by atoms with van der Waals surface area (Å²) in [5, 5.41) is 6.22. The molecule has 1 amide bonds. The van der Waals surface area contributed by atoms with Crippen molar-refractivity contribution in [1.29, 1.82) is 0 Å². The van der Waals surface area contributed by atoms with E-state index in [0.717, 1.165) is 25.2 Å². The Kier molecular flexibility index (Phi) is 4.08. The van der Waals surface area contributed by atoms with E-state index in [1.165, 1.54) is 6.42 Å². The van der Waals surface area contributed by atoms with Crippen molar-refractivity contribution in [3.05, 3.63) is 23.9 Å². The molecular formula is C15H23N3O. The molecule has 1 heterocycles. The molecule has 2 N–H and O–H groups in total. The largest absolute Gasteiger partial charge is 0.370 e. The molecule has 104 valence electrons. The first-order valence-electron chi connectivity index (χ1n) is 7.01. The molecule has 0 saturated heterocycles. The second-order valence-corrected chi connectivity index (χ2v) is 6.04. The highest BCUT2D eigenvalue weighted by atomic mass is 16.1. The van der Waals surface area contributed by atoms with Gasteiger partial charge in [-0.15, -0.1) is 0 Å². The fourth-order valence-corrected chi connectivity index (χ4v) is 2.64. The van der Waals surface area contributed by atoms with Crippen LogP contribution in [-0.2, 0) is 0 Å². The standard InChI is InChI=1S/C15H23N3O/c1-4-16-13-6-5-11(10-17-13)14(19)18-12-7-8-15(2,3)9-12/h5-6,10,12H,4,7-9H2,1-3H3,(H,16,17)(H,18,19).